The third kappa shape index (κ3) is 1.86. The Bertz CT molecular complexity index is 174. The van der Waals surface area contributed by atoms with E-state index in [2.05, 4.69) is 0 Å². The molecule has 12 heavy (non-hydrogen) atoms. The highest BCUT2D eigenvalue weighted by Crippen LogP contribution is 2.21. The fourth-order valence-corrected chi connectivity index (χ4v) is 1.27. The molecule has 0 saturated carbocycles. The number of aliphatic hydroxyl groups is 2. The minimum atomic E-state index is -1.06. The van der Waals surface area contributed by atoms with Gasteiger partial charge in [0.15, 0.2) is 0 Å². The average molecular weight is 175 g/mol. The van der Waals surface area contributed by atoms with Crippen molar-refractivity contribution in [1.82, 2.24) is 4.90 Å². The number of aliphatic hydroxyl groups excluding tert-OH is 1. The summed E-state index contributed by atoms with van der Waals surface area (Å²) >= 11 is 0. The van der Waals surface area contributed by atoms with E-state index in [0.29, 0.717) is 25.9 Å². The molecule has 5 heteroatoms. The van der Waals surface area contributed by atoms with E-state index in [1.807, 2.05) is 0 Å². The van der Waals surface area contributed by atoms with Crippen LogP contribution in [-0.4, -0.2) is 51.6 Å². The van der Waals surface area contributed by atoms with E-state index < -0.39 is 11.7 Å². The van der Waals surface area contributed by atoms with Crippen LogP contribution in [0.5, 0.6) is 0 Å². The lowest BCUT2D eigenvalue weighted by Crippen LogP contribution is -2.48. The summed E-state index contributed by atoms with van der Waals surface area (Å²) in [6.07, 6.45) is -0.332. The van der Waals surface area contributed by atoms with E-state index in [1.165, 1.54) is 4.90 Å². The number of nitrogens with zero attached hydrogens (tertiary/aromatic N) is 1. The normalized spacial score (nSPS) is 22.3. The lowest BCUT2D eigenvalue weighted by atomic mass is 9.93. The first kappa shape index (κ1) is 9.28. The maximum atomic E-state index is 10.4. The summed E-state index contributed by atoms with van der Waals surface area (Å²) in [7, 11) is 0. The van der Waals surface area contributed by atoms with Crippen LogP contribution >= 0.6 is 0 Å². The number of piperidine rings is 1. The van der Waals surface area contributed by atoms with Crippen LogP contribution in [0, 0.1) is 0 Å². The standard InChI is InChI=1S/C7H13NO4/c9-5-7(12)1-3-8(4-2-7)6(10)11/h9,12H,1-5H2,(H,10,11). The second-order valence-electron chi connectivity index (χ2n) is 3.15. The van der Waals surface area contributed by atoms with Crippen LogP contribution in [0.25, 0.3) is 0 Å². The Kier molecular flexibility index (Phi) is 2.54. The summed E-state index contributed by atoms with van der Waals surface area (Å²) in [6.45, 7) is 0.305. The summed E-state index contributed by atoms with van der Waals surface area (Å²) in [6, 6.07) is 0. The van der Waals surface area contributed by atoms with E-state index in [4.69, 9.17) is 10.2 Å². The monoisotopic (exact) mass is 175 g/mol. The molecular formula is C7H13NO4. The number of rotatable bonds is 1. The highest BCUT2D eigenvalue weighted by atomic mass is 16.4. The van der Waals surface area contributed by atoms with E-state index in [1.54, 1.807) is 0 Å². The van der Waals surface area contributed by atoms with Crippen molar-refractivity contribution in [3.63, 3.8) is 0 Å². The molecule has 0 aliphatic carbocycles. The van der Waals surface area contributed by atoms with Gasteiger partial charge in [0.25, 0.3) is 0 Å². The van der Waals surface area contributed by atoms with Gasteiger partial charge < -0.3 is 20.2 Å². The molecule has 0 aromatic heterocycles. The molecule has 1 rings (SSSR count). The average Bonchev–Trinajstić information content (AvgIpc) is 2.05. The zero-order chi connectivity index (χ0) is 9.19. The molecule has 5 nitrogen and oxygen atoms in total. The zero-order valence-corrected chi connectivity index (χ0v) is 6.73. The topological polar surface area (TPSA) is 81.0 Å². The lowest BCUT2D eigenvalue weighted by molar-refractivity contribution is -0.0553. The Morgan fingerprint density at radius 1 is 1.42 bits per heavy atom. The predicted octanol–water partition coefficient (Wildman–Crippen LogP) is -0.516. The molecule has 0 atom stereocenters. The van der Waals surface area contributed by atoms with Gasteiger partial charge in [0.1, 0.15) is 0 Å². The molecule has 1 amide bonds. The predicted molar refractivity (Wildman–Crippen MR) is 40.9 cm³/mol. The maximum Gasteiger partial charge on any atom is 0.407 e. The Labute approximate surface area is 70.2 Å². The van der Waals surface area contributed by atoms with E-state index in [0.717, 1.165) is 0 Å². The number of carboxylic acid groups (broad SMARTS) is 1. The first-order valence-electron chi connectivity index (χ1n) is 3.88. The SMILES string of the molecule is O=C(O)N1CCC(O)(CO)CC1. The molecule has 1 saturated heterocycles. The first-order valence-corrected chi connectivity index (χ1v) is 3.88. The number of carbonyl (C=O) groups is 1. The van der Waals surface area contributed by atoms with Gasteiger partial charge in [-0.15, -0.1) is 0 Å². The smallest absolute Gasteiger partial charge is 0.407 e. The molecule has 70 valence electrons. The molecule has 0 aromatic carbocycles. The Balaban J connectivity index is 2.44. The van der Waals surface area contributed by atoms with Crippen molar-refractivity contribution in [3.8, 4) is 0 Å². The Hall–Kier alpha value is -0.810. The molecule has 0 bridgehead atoms. The molecule has 1 heterocycles. The van der Waals surface area contributed by atoms with E-state index >= 15 is 0 Å². The lowest BCUT2D eigenvalue weighted by Gasteiger charge is -2.35. The highest BCUT2D eigenvalue weighted by Gasteiger charge is 2.32. The Morgan fingerprint density at radius 3 is 2.25 bits per heavy atom. The summed E-state index contributed by atoms with van der Waals surface area (Å²) in [5.41, 5.74) is -1.06. The number of hydrogen-bond donors (Lipinski definition) is 3. The largest absolute Gasteiger partial charge is 0.465 e. The second-order valence-corrected chi connectivity index (χ2v) is 3.15. The van der Waals surface area contributed by atoms with Gasteiger partial charge in [-0.3, -0.25) is 0 Å². The van der Waals surface area contributed by atoms with Gasteiger partial charge in [0.05, 0.1) is 12.2 Å². The number of amides is 1. The van der Waals surface area contributed by atoms with Crippen LogP contribution in [0.3, 0.4) is 0 Å². The third-order valence-corrected chi connectivity index (χ3v) is 2.26. The zero-order valence-electron chi connectivity index (χ0n) is 6.73. The van der Waals surface area contributed by atoms with Crippen LogP contribution in [-0.2, 0) is 0 Å². The fraction of sp³-hybridized carbons (Fsp3) is 0.857. The van der Waals surface area contributed by atoms with Crippen LogP contribution in [0.4, 0.5) is 4.79 Å². The van der Waals surface area contributed by atoms with Gasteiger partial charge in [-0.25, -0.2) is 4.79 Å². The van der Waals surface area contributed by atoms with E-state index in [9.17, 15) is 9.90 Å². The van der Waals surface area contributed by atoms with Crippen molar-refractivity contribution >= 4 is 6.09 Å². The van der Waals surface area contributed by atoms with Crippen molar-refractivity contribution in [2.75, 3.05) is 19.7 Å². The minimum absolute atomic E-state index is 0.291. The molecule has 1 fully saturated rings. The van der Waals surface area contributed by atoms with Gasteiger partial charge in [-0.1, -0.05) is 0 Å². The molecular weight excluding hydrogens is 162 g/mol. The Morgan fingerprint density at radius 2 is 1.92 bits per heavy atom. The van der Waals surface area contributed by atoms with Crippen molar-refractivity contribution in [2.24, 2.45) is 0 Å². The van der Waals surface area contributed by atoms with Crippen molar-refractivity contribution < 1.29 is 20.1 Å². The summed E-state index contributed by atoms with van der Waals surface area (Å²) in [5, 5.41) is 26.8. The van der Waals surface area contributed by atoms with Gasteiger partial charge in [0.2, 0.25) is 0 Å². The van der Waals surface area contributed by atoms with Gasteiger partial charge >= 0.3 is 6.09 Å². The molecule has 0 unspecified atom stereocenters. The molecule has 0 aromatic rings. The molecule has 1 aliphatic rings. The highest BCUT2D eigenvalue weighted by molar-refractivity contribution is 5.65. The summed E-state index contributed by atoms with van der Waals surface area (Å²) in [5.74, 6) is 0. The van der Waals surface area contributed by atoms with Gasteiger partial charge in [-0.05, 0) is 12.8 Å². The number of hydrogen-bond acceptors (Lipinski definition) is 3. The molecule has 1 aliphatic heterocycles. The molecule has 3 N–H and O–H groups in total. The van der Waals surface area contributed by atoms with Crippen molar-refractivity contribution in [2.45, 2.75) is 18.4 Å². The maximum absolute atomic E-state index is 10.4. The first-order chi connectivity index (χ1) is 5.57. The molecule has 0 spiro atoms. The van der Waals surface area contributed by atoms with Crippen LogP contribution in [0.15, 0.2) is 0 Å². The van der Waals surface area contributed by atoms with E-state index in [-0.39, 0.29) is 6.61 Å². The van der Waals surface area contributed by atoms with Gasteiger partial charge in [0, 0.05) is 13.1 Å². The van der Waals surface area contributed by atoms with Crippen molar-refractivity contribution in [3.05, 3.63) is 0 Å². The van der Waals surface area contributed by atoms with Crippen LogP contribution in [0.1, 0.15) is 12.8 Å². The quantitative estimate of drug-likeness (QED) is 0.501. The van der Waals surface area contributed by atoms with Crippen molar-refractivity contribution in [1.29, 1.82) is 0 Å². The molecule has 0 radical (unpaired) electrons. The minimum Gasteiger partial charge on any atom is -0.465 e. The van der Waals surface area contributed by atoms with Crippen LogP contribution < -0.4 is 0 Å². The number of likely N-dealkylation sites (tertiary alicyclic amines) is 1. The van der Waals surface area contributed by atoms with Crippen LogP contribution in [0.2, 0.25) is 0 Å². The summed E-state index contributed by atoms with van der Waals surface area (Å²) in [4.78, 5) is 11.7. The fourth-order valence-electron chi connectivity index (χ4n) is 1.27. The second kappa shape index (κ2) is 3.28. The van der Waals surface area contributed by atoms with Gasteiger partial charge in [-0.2, -0.15) is 0 Å². The summed E-state index contributed by atoms with van der Waals surface area (Å²) < 4.78 is 0. The third-order valence-electron chi connectivity index (χ3n) is 2.26.